The summed E-state index contributed by atoms with van der Waals surface area (Å²) in [6.45, 7) is 4.00. The molecule has 0 saturated heterocycles. The summed E-state index contributed by atoms with van der Waals surface area (Å²) in [7, 11) is 0. The van der Waals surface area contributed by atoms with Crippen molar-refractivity contribution in [3.63, 3.8) is 0 Å². The van der Waals surface area contributed by atoms with Crippen LogP contribution in [0.3, 0.4) is 0 Å². The predicted octanol–water partition coefficient (Wildman–Crippen LogP) is 4.54. The molecule has 2 aromatic rings. The summed E-state index contributed by atoms with van der Waals surface area (Å²) < 4.78 is 1.08. The molecule has 78 valence electrons. The Labute approximate surface area is 99.3 Å². The zero-order valence-corrected chi connectivity index (χ0v) is 10.5. The highest BCUT2D eigenvalue weighted by molar-refractivity contribution is 9.10. The minimum absolute atomic E-state index is 0.995. The molecule has 1 heterocycles. The van der Waals surface area contributed by atoms with E-state index in [9.17, 15) is 0 Å². The Bertz CT molecular complexity index is 398. The normalized spacial score (nSPS) is 9.00. The summed E-state index contributed by atoms with van der Waals surface area (Å²) in [4.78, 5) is 4.28. The maximum absolute atomic E-state index is 4.28. The smallest absolute Gasteiger partial charge is 0.0713 e. The number of nitrogens with zero attached hydrogens (tertiary/aromatic N) is 1. The number of rotatable bonds is 1. The molecule has 0 unspecified atom stereocenters. The molecule has 0 aliphatic rings. The number of hydrogen-bond donors (Lipinski definition) is 0. The molecule has 0 spiro atoms. The molecule has 0 atom stereocenters. The Morgan fingerprint density at radius 3 is 2.20 bits per heavy atom. The maximum Gasteiger partial charge on any atom is 0.0713 e. The first-order valence-electron chi connectivity index (χ1n) is 5.04. The number of benzene rings is 1. The standard InChI is InChI=1S/C11H8BrN.C2H6/c12-10-6-2-1-5-9(10)11-7-3-4-8-13-11;1-2/h1-8H;1-2H3. The van der Waals surface area contributed by atoms with Gasteiger partial charge in [-0.1, -0.05) is 54.0 Å². The molecule has 1 aromatic carbocycles. The quantitative estimate of drug-likeness (QED) is 0.737. The van der Waals surface area contributed by atoms with Crippen LogP contribution in [0, 0.1) is 0 Å². The van der Waals surface area contributed by atoms with Gasteiger partial charge in [-0.05, 0) is 18.2 Å². The van der Waals surface area contributed by atoms with Crippen molar-refractivity contribution in [3.8, 4) is 11.3 Å². The number of pyridine rings is 1. The van der Waals surface area contributed by atoms with Crippen LogP contribution in [0.4, 0.5) is 0 Å². The molecule has 0 N–H and O–H groups in total. The molecule has 0 radical (unpaired) electrons. The van der Waals surface area contributed by atoms with Gasteiger partial charge in [-0.3, -0.25) is 4.98 Å². The summed E-state index contributed by atoms with van der Waals surface area (Å²) in [6, 6.07) is 14.0. The molecule has 0 aliphatic carbocycles. The largest absolute Gasteiger partial charge is 0.256 e. The van der Waals surface area contributed by atoms with Crippen LogP contribution in [0.15, 0.2) is 53.1 Å². The van der Waals surface area contributed by atoms with Crippen molar-refractivity contribution in [1.82, 2.24) is 4.98 Å². The molecule has 1 aromatic heterocycles. The molecule has 0 bridgehead atoms. The summed E-state index contributed by atoms with van der Waals surface area (Å²) >= 11 is 3.49. The third-order valence-electron chi connectivity index (χ3n) is 1.81. The van der Waals surface area contributed by atoms with E-state index in [4.69, 9.17) is 0 Å². The van der Waals surface area contributed by atoms with E-state index >= 15 is 0 Å². The van der Waals surface area contributed by atoms with E-state index in [0.717, 1.165) is 15.7 Å². The van der Waals surface area contributed by atoms with E-state index in [1.807, 2.05) is 56.3 Å². The lowest BCUT2D eigenvalue weighted by Crippen LogP contribution is -1.82. The van der Waals surface area contributed by atoms with E-state index in [2.05, 4.69) is 20.9 Å². The highest BCUT2D eigenvalue weighted by Crippen LogP contribution is 2.25. The Morgan fingerprint density at radius 1 is 0.933 bits per heavy atom. The van der Waals surface area contributed by atoms with Gasteiger partial charge in [0, 0.05) is 16.2 Å². The van der Waals surface area contributed by atoms with Gasteiger partial charge in [0.1, 0.15) is 0 Å². The highest BCUT2D eigenvalue weighted by atomic mass is 79.9. The van der Waals surface area contributed by atoms with Crippen molar-refractivity contribution in [1.29, 1.82) is 0 Å². The second-order valence-electron chi connectivity index (χ2n) is 2.69. The number of aromatic nitrogens is 1. The molecular weight excluding hydrogens is 250 g/mol. The minimum Gasteiger partial charge on any atom is -0.256 e. The van der Waals surface area contributed by atoms with Crippen LogP contribution in [0.5, 0.6) is 0 Å². The second-order valence-corrected chi connectivity index (χ2v) is 3.55. The van der Waals surface area contributed by atoms with Gasteiger partial charge in [0.15, 0.2) is 0 Å². The molecule has 0 aliphatic heterocycles. The summed E-state index contributed by atoms with van der Waals surface area (Å²) in [5.74, 6) is 0. The van der Waals surface area contributed by atoms with Crippen molar-refractivity contribution in [2.45, 2.75) is 13.8 Å². The molecule has 0 amide bonds. The van der Waals surface area contributed by atoms with E-state index < -0.39 is 0 Å². The first-order chi connectivity index (χ1) is 7.38. The molecule has 1 nitrogen and oxygen atoms in total. The van der Waals surface area contributed by atoms with Crippen molar-refractivity contribution in [2.24, 2.45) is 0 Å². The Kier molecular flexibility index (Phi) is 5.05. The lowest BCUT2D eigenvalue weighted by molar-refractivity contribution is 1.32. The fourth-order valence-corrected chi connectivity index (χ4v) is 1.68. The van der Waals surface area contributed by atoms with Crippen LogP contribution in [0.1, 0.15) is 13.8 Å². The monoisotopic (exact) mass is 263 g/mol. The molecule has 0 saturated carbocycles. The van der Waals surface area contributed by atoms with Gasteiger partial charge in [0.25, 0.3) is 0 Å². The summed E-state index contributed by atoms with van der Waals surface area (Å²) in [5.41, 5.74) is 2.12. The fraction of sp³-hybridized carbons (Fsp3) is 0.154. The fourth-order valence-electron chi connectivity index (χ4n) is 1.19. The first kappa shape index (κ1) is 11.9. The third-order valence-corrected chi connectivity index (χ3v) is 2.51. The minimum atomic E-state index is 0.995. The lowest BCUT2D eigenvalue weighted by Gasteiger charge is -2.01. The first-order valence-corrected chi connectivity index (χ1v) is 5.83. The van der Waals surface area contributed by atoms with Crippen molar-refractivity contribution in [3.05, 3.63) is 53.1 Å². The Hall–Kier alpha value is -1.15. The van der Waals surface area contributed by atoms with E-state index in [1.54, 1.807) is 6.20 Å². The Balaban J connectivity index is 0.000000531. The molecule has 2 rings (SSSR count). The summed E-state index contributed by atoms with van der Waals surface area (Å²) in [5, 5.41) is 0. The summed E-state index contributed by atoms with van der Waals surface area (Å²) in [6.07, 6.45) is 1.80. The zero-order valence-electron chi connectivity index (χ0n) is 8.94. The van der Waals surface area contributed by atoms with E-state index in [0.29, 0.717) is 0 Å². The van der Waals surface area contributed by atoms with Gasteiger partial charge < -0.3 is 0 Å². The van der Waals surface area contributed by atoms with Crippen molar-refractivity contribution in [2.75, 3.05) is 0 Å². The van der Waals surface area contributed by atoms with Gasteiger partial charge in [-0.25, -0.2) is 0 Å². The molecular formula is C13H14BrN. The highest BCUT2D eigenvalue weighted by Gasteiger charge is 2.00. The average Bonchev–Trinajstić information content (AvgIpc) is 2.33. The second kappa shape index (κ2) is 6.36. The SMILES string of the molecule is Brc1ccccc1-c1ccccn1.CC. The van der Waals surface area contributed by atoms with Crippen LogP contribution in [-0.4, -0.2) is 4.98 Å². The molecule has 15 heavy (non-hydrogen) atoms. The predicted molar refractivity (Wildman–Crippen MR) is 68.7 cm³/mol. The number of halogens is 1. The topological polar surface area (TPSA) is 12.9 Å². The molecule has 0 fully saturated rings. The van der Waals surface area contributed by atoms with Crippen LogP contribution < -0.4 is 0 Å². The van der Waals surface area contributed by atoms with Gasteiger partial charge in [-0.15, -0.1) is 0 Å². The third kappa shape index (κ3) is 3.17. The molecule has 2 heteroatoms. The van der Waals surface area contributed by atoms with Crippen molar-refractivity contribution >= 4 is 15.9 Å². The lowest BCUT2D eigenvalue weighted by atomic mass is 10.1. The Morgan fingerprint density at radius 2 is 1.60 bits per heavy atom. The van der Waals surface area contributed by atoms with Gasteiger partial charge in [0.05, 0.1) is 5.69 Å². The van der Waals surface area contributed by atoms with Crippen LogP contribution >= 0.6 is 15.9 Å². The number of hydrogen-bond acceptors (Lipinski definition) is 1. The average molecular weight is 264 g/mol. The zero-order chi connectivity index (χ0) is 11.1. The van der Waals surface area contributed by atoms with Gasteiger partial charge in [-0.2, -0.15) is 0 Å². The van der Waals surface area contributed by atoms with Gasteiger partial charge >= 0.3 is 0 Å². The van der Waals surface area contributed by atoms with E-state index in [-0.39, 0.29) is 0 Å². The van der Waals surface area contributed by atoms with Crippen LogP contribution in [-0.2, 0) is 0 Å². The maximum atomic E-state index is 4.28. The van der Waals surface area contributed by atoms with E-state index in [1.165, 1.54) is 0 Å². The van der Waals surface area contributed by atoms with Crippen molar-refractivity contribution < 1.29 is 0 Å². The van der Waals surface area contributed by atoms with Crippen LogP contribution in [0.2, 0.25) is 0 Å². The van der Waals surface area contributed by atoms with Crippen LogP contribution in [0.25, 0.3) is 11.3 Å². The van der Waals surface area contributed by atoms with Gasteiger partial charge in [0.2, 0.25) is 0 Å².